The van der Waals surface area contributed by atoms with Crippen LogP contribution in [0.3, 0.4) is 0 Å². The molecule has 0 saturated carbocycles. The van der Waals surface area contributed by atoms with E-state index in [9.17, 15) is 0 Å². The van der Waals surface area contributed by atoms with E-state index < -0.39 is 0 Å². The molecule has 0 spiro atoms. The van der Waals surface area contributed by atoms with Gasteiger partial charge in [0.25, 0.3) is 0 Å². The number of nitrogens with one attached hydrogen (secondary N) is 1. The fourth-order valence-electron chi connectivity index (χ4n) is 3.00. The summed E-state index contributed by atoms with van der Waals surface area (Å²) in [5.74, 6) is 0.884. The Hall–Kier alpha value is -1.00. The van der Waals surface area contributed by atoms with Crippen LogP contribution in [0, 0.1) is 0 Å². The minimum absolute atomic E-state index is 0.325. The van der Waals surface area contributed by atoms with E-state index in [-0.39, 0.29) is 5.60 Å². The maximum absolute atomic E-state index is 6.06. The largest absolute Gasteiger partial charge is 0.367 e. The lowest BCUT2D eigenvalue weighted by molar-refractivity contribution is -0.0574. The number of ether oxygens (including phenoxy) is 1. The number of hydrogen-bond acceptors (Lipinski definition) is 4. The molecule has 0 radical (unpaired) electrons. The first-order valence-electron chi connectivity index (χ1n) is 7.94. The van der Waals surface area contributed by atoms with Crippen LogP contribution in [-0.2, 0) is 29.8 Å². The van der Waals surface area contributed by atoms with Crippen molar-refractivity contribution in [3.8, 4) is 0 Å². The molecule has 0 fully saturated rings. The third-order valence-corrected chi connectivity index (χ3v) is 4.23. The Balaban J connectivity index is 2.47. The molecule has 1 aromatic rings. The number of nitrogens with zero attached hydrogens (tertiary/aromatic N) is 2. The molecule has 1 aliphatic heterocycles. The van der Waals surface area contributed by atoms with Gasteiger partial charge in [0.1, 0.15) is 5.60 Å². The predicted octanol–water partition coefficient (Wildman–Crippen LogP) is 3.08. The van der Waals surface area contributed by atoms with Crippen molar-refractivity contribution in [2.24, 2.45) is 0 Å². The molecule has 1 aliphatic rings. The molecule has 0 saturated heterocycles. The summed E-state index contributed by atoms with van der Waals surface area (Å²) in [6.45, 7) is 11.0. The van der Waals surface area contributed by atoms with E-state index in [4.69, 9.17) is 14.7 Å². The van der Waals surface area contributed by atoms with Crippen LogP contribution in [0.4, 0.5) is 0 Å². The highest BCUT2D eigenvalue weighted by molar-refractivity contribution is 5.30. The maximum atomic E-state index is 6.06. The summed E-state index contributed by atoms with van der Waals surface area (Å²) in [7, 11) is 0. The van der Waals surface area contributed by atoms with Crippen molar-refractivity contribution in [1.29, 1.82) is 0 Å². The summed E-state index contributed by atoms with van der Waals surface area (Å²) in [5.41, 5.74) is 3.37. The molecule has 0 bridgehead atoms. The van der Waals surface area contributed by atoms with Gasteiger partial charge in [0.2, 0.25) is 0 Å². The van der Waals surface area contributed by atoms with Crippen molar-refractivity contribution in [1.82, 2.24) is 15.3 Å². The monoisotopic (exact) mass is 277 g/mol. The van der Waals surface area contributed by atoms with Gasteiger partial charge < -0.3 is 10.1 Å². The van der Waals surface area contributed by atoms with Crippen LogP contribution in [-0.4, -0.2) is 16.6 Å². The second-order valence-electron chi connectivity index (χ2n) is 5.41. The molecule has 0 aromatic carbocycles. The summed E-state index contributed by atoms with van der Waals surface area (Å²) in [4.78, 5) is 9.72. The van der Waals surface area contributed by atoms with Gasteiger partial charge in [-0.1, -0.05) is 27.2 Å². The van der Waals surface area contributed by atoms with E-state index >= 15 is 0 Å². The van der Waals surface area contributed by atoms with E-state index in [1.54, 1.807) is 0 Å². The quantitative estimate of drug-likeness (QED) is 0.832. The van der Waals surface area contributed by atoms with Crippen molar-refractivity contribution in [3.05, 3.63) is 22.8 Å². The third kappa shape index (κ3) is 2.72. The highest BCUT2D eigenvalue weighted by Crippen LogP contribution is 2.32. The molecule has 112 valence electrons. The standard InChI is InChI=1S/C16H27N3O/c1-5-9-13-12-10-17-11-14(12)19-15(18-13)16(6-2,7-3)20-8-4/h17H,5-11H2,1-4H3. The Bertz CT molecular complexity index is 455. The number of aryl methyl sites for hydroxylation is 1. The minimum Gasteiger partial charge on any atom is -0.367 e. The van der Waals surface area contributed by atoms with Gasteiger partial charge in [-0.25, -0.2) is 9.97 Å². The molecule has 4 nitrogen and oxygen atoms in total. The summed E-state index contributed by atoms with van der Waals surface area (Å²) in [6, 6.07) is 0. The van der Waals surface area contributed by atoms with Crippen molar-refractivity contribution < 1.29 is 4.74 Å². The molecule has 0 atom stereocenters. The highest BCUT2D eigenvalue weighted by atomic mass is 16.5. The highest BCUT2D eigenvalue weighted by Gasteiger charge is 2.34. The van der Waals surface area contributed by atoms with Gasteiger partial charge in [0.05, 0.1) is 5.69 Å². The summed E-state index contributed by atoms with van der Waals surface area (Å²) in [6.07, 6.45) is 3.96. The van der Waals surface area contributed by atoms with Crippen LogP contribution in [0.1, 0.15) is 69.7 Å². The van der Waals surface area contributed by atoms with Crippen molar-refractivity contribution in [2.45, 2.75) is 72.1 Å². The minimum atomic E-state index is -0.325. The van der Waals surface area contributed by atoms with Gasteiger partial charge in [-0.3, -0.25) is 0 Å². The number of fused-ring (bicyclic) bond motifs is 1. The molecule has 0 unspecified atom stereocenters. The van der Waals surface area contributed by atoms with Gasteiger partial charge >= 0.3 is 0 Å². The Kier molecular flexibility index (Phi) is 5.11. The van der Waals surface area contributed by atoms with Gasteiger partial charge in [0.15, 0.2) is 5.82 Å². The van der Waals surface area contributed by atoms with E-state index in [0.717, 1.165) is 44.6 Å². The van der Waals surface area contributed by atoms with Crippen molar-refractivity contribution in [2.75, 3.05) is 6.61 Å². The summed E-state index contributed by atoms with van der Waals surface area (Å²) in [5, 5.41) is 3.39. The Morgan fingerprint density at radius 1 is 1.10 bits per heavy atom. The predicted molar refractivity (Wildman–Crippen MR) is 80.5 cm³/mol. The molecule has 0 aliphatic carbocycles. The maximum Gasteiger partial charge on any atom is 0.160 e. The zero-order valence-electron chi connectivity index (χ0n) is 13.3. The van der Waals surface area contributed by atoms with Crippen LogP contribution in [0.25, 0.3) is 0 Å². The fraction of sp³-hybridized carbons (Fsp3) is 0.750. The Morgan fingerprint density at radius 3 is 2.45 bits per heavy atom. The lowest BCUT2D eigenvalue weighted by atomic mass is 9.95. The zero-order chi connectivity index (χ0) is 14.6. The smallest absolute Gasteiger partial charge is 0.160 e. The summed E-state index contributed by atoms with van der Waals surface area (Å²) >= 11 is 0. The number of hydrogen-bond donors (Lipinski definition) is 1. The topological polar surface area (TPSA) is 47.0 Å². The average molecular weight is 277 g/mol. The lowest BCUT2D eigenvalue weighted by Crippen LogP contribution is -2.32. The second-order valence-corrected chi connectivity index (χ2v) is 5.41. The van der Waals surface area contributed by atoms with Gasteiger partial charge in [-0.2, -0.15) is 0 Å². The second kappa shape index (κ2) is 6.64. The number of aromatic nitrogens is 2. The number of rotatable bonds is 7. The lowest BCUT2D eigenvalue weighted by Gasteiger charge is -2.30. The molecule has 1 N–H and O–H groups in total. The van der Waals surface area contributed by atoms with E-state index in [1.807, 2.05) is 6.92 Å². The van der Waals surface area contributed by atoms with Crippen LogP contribution < -0.4 is 5.32 Å². The third-order valence-electron chi connectivity index (χ3n) is 4.23. The van der Waals surface area contributed by atoms with Gasteiger partial charge in [-0.05, 0) is 26.2 Å². The van der Waals surface area contributed by atoms with Gasteiger partial charge in [0, 0.05) is 31.0 Å². The molecule has 1 aromatic heterocycles. The van der Waals surface area contributed by atoms with Crippen LogP contribution in [0.2, 0.25) is 0 Å². The summed E-state index contributed by atoms with van der Waals surface area (Å²) < 4.78 is 6.06. The first-order chi connectivity index (χ1) is 9.70. The Labute approximate surface area is 122 Å². The molecule has 20 heavy (non-hydrogen) atoms. The van der Waals surface area contributed by atoms with Crippen LogP contribution >= 0.6 is 0 Å². The van der Waals surface area contributed by atoms with E-state index in [1.165, 1.54) is 17.0 Å². The van der Waals surface area contributed by atoms with Gasteiger partial charge in [-0.15, -0.1) is 0 Å². The molecular formula is C16H27N3O. The van der Waals surface area contributed by atoms with Crippen LogP contribution in [0.5, 0.6) is 0 Å². The first-order valence-corrected chi connectivity index (χ1v) is 7.94. The molecule has 0 amide bonds. The SMILES string of the molecule is CCCc1nc(C(CC)(CC)OCC)nc2c1CNC2. The van der Waals surface area contributed by atoms with E-state index in [2.05, 4.69) is 26.1 Å². The van der Waals surface area contributed by atoms with Crippen molar-refractivity contribution >= 4 is 0 Å². The molecule has 2 rings (SSSR count). The van der Waals surface area contributed by atoms with Crippen LogP contribution in [0.15, 0.2) is 0 Å². The first kappa shape index (κ1) is 15.4. The van der Waals surface area contributed by atoms with E-state index in [0.29, 0.717) is 6.61 Å². The normalized spacial score (nSPS) is 14.6. The Morgan fingerprint density at radius 2 is 1.85 bits per heavy atom. The van der Waals surface area contributed by atoms with Crippen molar-refractivity contribution in [3.63, 3.8) is 0 Å². The average Bonchev–Trinajstić information content (AvgIpc) is 2.94. The molecule has 2 heterocycles. The zero-order valence-corrected chi connectivity index (χ0v) is 13.3. The fourth-order valence-corrected chi connectivity index (χ4v) is 3.00. The molecular weight excluding hydrogens is 250 g/mol. The molecule has 4 heteroatoms.